The third-order valence-electron chi connectivity index (χ3n) is 5.71. The van der Waals surface area contributed by atoms with E-state index < -0.39 is 10.0 Å². The molecule has 0 radical (unpaired) electrons. The number of anilines is 1. The van der Waals surface area contributed by atoms with Gasteiger partial charge in [0.15, 0.2) is 10.9 Å². The van der Waals surface area contributed by atoms with Crippen LogP contribution in [0.4, 0.5) is 5.69 Å². The molecule has 1 heterocycles. The zero-order valence-corrected chi connectivity index (χ0v) is 20.6. The van der Waals surface area contributed by atoms with Gasteiger partial charge in [-0.2, -0.15) is 0 Å². The third-order valence-corrected chi connectivity index (χ3v) is 7.29. The number of carbonyl (C=O) groups is 1. The summed E-state index contributed by atoms with van der Waals surface area (Å²) < 4.78 is 26.8. The molecule has 178 valence electrons. The lowest BCUT2D eigenvalue weighted by molar-refractivity contribution is 0.102. The van der Waals surface area contributed by atoms with Crippen LogP contribution in [0.1, 0.15) is 42.5 Å². The summed E-state index contributed by atoms with van der Waals surface area (Å²) in [6.07, 6.45) is 8.72. The average molecular weight is 498 g/mol. The summed E-state index contributed by atoms with van der Waals surface area (Å²) in [5.41, 5.74) is 2.77. The molecule has 0 amide bonds. The van der Waals surface area contributed by atoms with Gasteiger partial charge in [0.25, 0.3) is 5.56 Å². The average Bonchev–Trinajstić information content (AvgIpc) is 2.82. The number of aromatic nitrogens is 2. The van der Waals surface area contributed by atoms with Crippen LogP contribution in [-0.2, 0) is 16.6 Å². The highest BCUT2D eigenvalue weighted by molar-refractivity contribution is 7.99. The van der Waals surface area contributed by atoms with Crippen LogP contribution < -0.4 is 10.3 Å². The van der Waals surface area contributed by atoms with Crippen molar-refractivity contribution in [3.8, 4) is 0 Å². The van der Waals surface area contributed by atoms with E-state index >= 15 is 0 Å². The fourth-order valence-corrected chi connectivity index (χ4v) is 5.48. The highest BCUT2D eigenvalue weighted by Gasteiger charge is 2.15. The molecule has 0 atom stereocenters. The molecule has 1 aliphatic carbocycles. The van der Waals surface area contributed by atoms with Gasteiger partial charge in [0, 0.05) is 17.8 Å². The second kappa shape index (κ2) is 10.6. The van der Waals surface area contributed by atoms with Gasteiger partial charge in [-0.05, 0) is 68.5 Å². The van der Waals surface area contributed by atoms with Gasteiger partial charge in [0.2, 0.25) is 10.0 Å². The van der Waals surface area contributed by atoms with Gasteiger partial charge in [0.1, 0.15) is 0 Å². The van der Waals surface area contributed by atoms with Crippen molar-refractivity contribution >= 4 is 44.2 Å². The zero-order chi connectivity index (χ0) is 24.1. The number of hydrogen-bond acceptors (Lipinski definition) is 6. The maximum absolute atomic E-state index is 13.2. The number of benzene rings is 2. The van der Waals surface area contributed by atoms with Crippen LogP contribution in [0.15, 0.2) is 70.1 Å². The Hall–Kier alpha value is -2.91. The molecule has 0 bridgehead atoms. The van der Waals surface area contributed by atoms with E-state index in [4.69, 9.17) is 4.98 Å². The lowest BCUT2D eigenvalue weighted by Crippen LogP contribution is -2.24. The minimum Gasteiger partial charge on any atom is -0.293 e. The van der Waals surface area contributed by atoms with Crippen molar-refractivity contribution in [1.82, 2.24) is 9.55 Å². The predicted octanol–water partition coefficient (Wildman–Crippen LogP) is 4.63. The smallest absolute Gasteiger partial charge is 0.262 e. The number of hydrogen-bond donors (Lipinski definition) is 1. The quantitative estimate of drug-likeness (QED) is 0.200. The number of ketones is 1. The Labute approximate surface area is 203 Å². The Morgan fingerprint density at radius 2 is 1.88 bits per heavy atom. The molecule has 7 nitrogen and oxygen atoms in total. The Balaban J connectivity index is 1.53. The fourth-order valence-electron chi connectivity index (χ4n) is 3.99. The largest absolute Gasteiger partial charge is 0.293 e. The number of thioether (sulfide) groups is 1. The molecule has 1 N–H and O–H groups in total. The molecule has 3 aromatic rings. The van der Waals surface area contributed by atoms with Crippen molar-refractivity contribution < 1.29 is 13.2 Å². The molecule has 2 aromatic carbocycles. The zero-order valence-electron chi connectivity index (χ0n) is 19.0. The molecule has 0 spiro atoms. The molecule has 0 saturated heterocycles. The van der Waals surface area contributed by atoms with Crippen LogP contribution in [0.2, 0.25) is 0 Å². The number of rotatable bonds is 9. The number of para-hydroxylation sites is 1. The van der Waals surface area contributed by atoms with Crippen molar-refractivity contribution in [2.75, 3.05) is 16.7 Å². The van der Waals surface area contributed by atoms with E-state index in [1.807, 2.05) is 18.2 Å². The summed E-state index contributed by atoms with van der Waals surface area (Å²) in [5.74, 6) is -0.00775. The van der Waals surface area contributed by atoms with Gasteiger partial charge in [0.05, 0.1) is 22.9 Å². The van der Waals surface area contributed by atoms with E-state index in [-0.39, 0.29) is 17.1 Å². The van der Waals surface area contributed by atoms with Crippen molar-refractivity contribution in [3.63, 3.8) is 0 Å². The summed E-state index contributed by atoms with van der Waals surface area (Å²) in [6.45, 7) is 0.533. The Kier molecular flexibility index (Phi) is 7.53. The Morgan fingerprint density at radius 1 is 1.12 bits per heavy atom. The first-order valence-corrected chi connectivity index (χ1v) is 14.1. The fraction of sp³-hybridized carbons (Fsp3) is 0.320. The van der Waals surface area contributed by atoms with Crippen LogP contribution in [0, 0.1) is 0 Å². The van der Waals surface area contributed by atoms with E-state index in [2.05, 4.69) is 10.8 Å². The number of allylic oxidation sites excluding steroid dienone is 2. The topological polar surface area (TPSA) is 98.1 Å². The van der Waals surface area contributed by atoms with E-state index in [0.717, 1.165) is 25.5 Å². The highest BCUT2D eigenvalue weighted by atomic mass is 32.2. The van der Waals surface area contributed by atoms with Gasteiger partial charge in [-0.3, -0.25) is 18.9 Å². The minimum absolute atomic E-state index is 0.0897. The van der Waals surface area contributed by atoms with E-state index in [1.54, 1.807) is 34.9 Å². The second-order valence-corrected chi connectivity index (χ2v) is 11.1. The van der Waals surface area contributed by atoms with Gasteiger partial charge in [-0.1, -0.05) is 35.5 Å². The summed E-state index contributed by atoms with van der Waals surface area (Å²) in [7, 11) is -3.38. The molecule has 4 rings (SSSR count). The highest BCUT2D eigenvalue weighted by Crippen LogP contribution is 2.24. The number of carbonyl (C=O) groups excluding carboxylic acids is 1. The normalized spacial score (nSPS) is 14.1. The number of sulfonamides is 1. The number of nitrogens with zero attached hydrogens (tertiary/aromatic N) is 2. The van der Waals surface area contributed by atoms with Crippen molar-refractivity contribution in [3.05, 3.63) is 76.1 Å². The Bertz CT molecular complexity index is 1390. The molecule has 0 unspecified atom stereocenters. The van der Waals surface area contributed by atoms with Gasteiger partial charge in [-0.25, -0.2) is 13.4 Å². The first kappa shape index (κ1) is 24.2. The number of nitrogens with one attached hydrogen (secondary N) is 1. The molecule has 0 aliphatic heterocycles. The molecule has 0 fully saturated rings. The summed E-state index contributed by atoms with van der Waals surface area (Å²) in [4.78, 5) is 30.7. The standard InChI is InChI=1S/C25H27N3O4S2/c1-34(31,32)27-20-13-11-19(12-14-20)23(29)17-33-25-26-22-10-6-5-9-21(22)24(30)28(25)16-15-18-7-3-2-4-8-18/h5-7,9-14,27H,2-4,8,15-17H2,1H3. The van der Waals surface area contributed by atoms with E-state index in [0.29, 0.717) is 33.9 Å². The van der Waals surface area contributed by atoms with Crippen LogP contribution in [0.3, 0.4) is 0 Å². The number of Topliss-reactive ketones (excluding diaryl/α,β-unsaturated/α-hetero) is 1. The van der Waals surface area contributed by atoms with Crippen LogP contribution in [0.25, 0.3) is 10.9 Å². The van der Waals surface area contributed by atoms with Crippen molar-refractivity contribution in [2.24, 2.45) is 0 Å². The molecule has 34 heavy (non-hydrogen) atoms. The van der Waals surface area contributed by atoms with E-state index in [1.165, 1.54) is 30.2 Å². The first-order chi connectivity index (χ1) is 16.3. The number of fused-ring (bicyclic) bond motifs is 1. The maximum Gasteiger partial charge on any atom is 0.262 e. The lowest BCUT2D eigenvalue weighted by Gasteiger charge is -2.16. The molecule has 1 aliphatic rings. The third kappa shape index (κ3) is 6.15. The molecular weight excluding hydrogens is 470 g/mol. The first-order valence-electron chi connectivity index (χ1n) is 11.2. The van der Waals surface area contributed by atoms with Gasteiger partial charge >= 0.3 is 0 Å². The predicted molar refractivity (Wildman–Crippen MR) is 137 cm³/mol. The van der Waals surface area contributed by atoms with E-state index in [9.17, 15) is 18.0 Å². The van der Waals surface area contributed by atoms with Crippen LogP contribution in [-0.4, -0.2) is 35.8 Å². The summed E-state index contributed by atoms with van der Waals surface area (Å²) in [5, 5.41) is 1.11. The van der Waals surface area contributed by atoms with Crippen molar-refractivity contribution in [1.29, 1.82) is 0 Å². The van der Waals surface area contributed by atoms with Gasteiger partial charge in [-0.15, -0.1) is 0 Å². The second-order valence-electron chi connectivity index (χ2n) is 8.39. The molecular formula is C25H27N3O4S2. The lowest BCUT2D eigenvalue weighted by atomic mass is 9.97. The summed E-state index contributed by atoms with van der Waals surface area (Å²) >= 11 is 1.25. The molecule has 9 heteroatoms. The van der Waals surface area contributed by atoms with Crippen LogP contribution >= 0.6 is 11.8 Å². The monoisotopic (exact) mass is 497 g/mol. The van der Waals surface area contributed by atoms with Crippen molar-refractivity contribution in [2.45, 2.75) is 43.8 Å². The summed E-state index contributed by atoms with van der Waals surface area (Å²) in [6, 6.07) is 13.6. The van der Waals surface area contributed by atoms with Crippen LogP contribution in [0.5, 0.6) is 0 Å². The SMILES string of the molecule is CS(=O)(=O)Nc1ccc(C(=O)CSc2nc3ccccc3c(=O)n2CCC2=CCCCC2)cc1. The maximum atomic E-state index is 13.2. The van der Waals surface area contributed by atoms with Gasteiger partial charge < -0.3 is 0 Å². The molecule has 0 saturated carbocycles. The Morgan fingerprint density at radius 3 is 2.59 bits per heavy atom. The molecule has 1 aromatic heterocycles. The minimum atomic E-state index is -3.38.